The van der Waals surface area contributed by atoms with Gasteiger partial charge in [0, 0.05) is 16.5 Å². The summed E-state index contributed by atoms with van der Waals surface area (Å²) in [4.78, 5) is 0. The van der Waals surface area contributed by atoms with Crippen molar-refractivity contribution in [3.8, 4) is 23.0 Å². The first kappa shape index (κ1) is 22.6. The van der Waals surface area contributed by atoms with Crippen molar-refractivity contribution in [3.63, 3.8) is 0 Å². The van der Waals surface area contributed by atoms with Crippen LogP contribution in [0.25, 0.3) is 21.9 Å². The number of aryl methyl sites for hydroxylation is 2. The van der Waals surface area contributed by atoms with E-state index in [2.05, 4.69) is 86.4 Å². The van der Waals surface area contributed by atoms with Crippen molar-refractivity contribution in [2.24, 2.45) is 0 Å². The number of hydrogen-bond acceptors (Lipinski definition) is 0. The second-order valence-corrected chi connectivity index (χ2v) is 8.36. The summed E-state index contributed by atoms with van der Waals surface area (Å²) in [6.45, 7) is 4.13. The van der Waals surface area contributed by atoms with Crippen LogP contribution in [0.15, 0.2) is 91.0 Å². The molecule has 0 spiro atoms. The number of halogens is 1. The molecule has 0 saturated carbocycles. The number of hydrogen-bond donors (Lipinski definition) is 0. The molecule has 0 heterocycles. The Bertz CT molecular complexity index is 1310. The summed E-state index contributed by atoms with van der Waals surface area (Å²) >= 11 is 0. The third-order valence-corrected chi connectivity index (χ3v) is 5.91. The van der Waals surface area contributed by atoms with Gasteiger partial charge in [-0.25, -0.2) is 4.39 Å². The third kappa shape index (κ3) is 5.60. The van der Waals surface area contributed by atoms with Crippen LogP contribution < -0.4 is 0 Å². The lowest BCUT2D eigenvalue weighted by molar-refractivity contribution is 0.619. The van der Waals surface area contributed by atoms with Crippen molar-refractivity contribution >= 4 is 10.8 Å². The molecule has 4 rings (SSSR count). The zero-order valence-corrected chi connectivity index (χ0v) is 19.4. The topological polar surface area (TPSA) is 0 Å². The molecule has 0 unspecified atom stereocenters. The zero-order valence-electron chi connectivity index (χ0n) is 19.4. The van der Waals surface area contributed by atoms with E-state index >= 15 is 0 Å². The van der Waals surface area contributed by atoms with Crippen molar-refractivity contribution in [1.29, 1.82) is 0 Å². The maximum atomic E-state index is 14.7. The molecule has 33 heavy (non-hydrogen) atoms. The molecule has 4 aromatic carbocycles. The molecule has 0 aliphatic rings. The summed E-state index contributed by atoms with van der Waals surface area (Å²) in [6.07, 6.45) is 8.15. The van der Waals surface area contributed by atoms with Crippen LogP contribution >= 0.6 is 0 Å². The molecule has 0 radical (unpaired) electrons. The van der Waals surface area contributed by atoms with Gasteiger partial charge in [0.05, 0.1) is 0 Å². The molecule has 0 fully saturated rings. The van der Waals surface area contributed by atoms with Gasteiger partial charge >= 0.3 is 0 Å². The number of fused-ring (bicyclic) bond motifs is 1. The van der Waals surface area contributed by atoms with Crippen LogP contribution in [0.3, 0.4) is 0 Å². The van der Waals surface area contributed by atoms with Gasteiger partial charge in [0.25, 0.3) is 0 Å². The van der Waals surface area contributed by atoms with Crippen molar-refractivity contribution in [2.45, 2.75) is 39.5 Å². The van der Waals surface area contributed by atoms with Crippen molar-refractivity contribution in [1.82, 2.24) is 0 Å². The van der Waals surface area contributed by atoms with Crippen molar-refractivity contribution in [2.75, 3.05) is 0 Å². The molecular formula is C32H29F. The molecule has 0 nitrogen and oxygen atoms in total. The van der Waals surface area contributed by atoms with Gasteiger partial charge in [0.1, 0.15) is 5.82 Å². The second kappa shape index (κ2) is 10.8. The first-order valence-electron chi connectivity index (χ1n) is 11.7. The van der Waals surface area contributed by atoms with Gasteiger partial charge in [-0.05, 0) is 78.1 Å². The van der Waals surface area contributed by atoms with Gasteiger partial charge in [-0.3, -0.25) is 0 Å². The number of rotatable bonds is 6. The van der Waals surface area contributed by atoms with Gasteiger partial charge in [-0.15, -0.1) is 0 Å². The quantitative estimate of drug-likeness (QED) is 0.212. The van der Waals surface area contributed by atoms with Gasteiger partial charge in [-0.2, -0.15) is 0 Å². The Hall–Kier alpha value is -3.63. The molecule has 0 atom stereocenters. The van der Waals surface area contributed by atoms with Crippen molar-refractivity contribution in [3.05, 3.63) is 119 Å². The minimum atomic E-state index is -0.102. The van der Waals surface area contributed by atoms with E-state index < -0.39 is 0 Å². The molecule has 0 N–H and O–H groups in total. The lowest BCUT2D eigenvalue weighted by Gasteiger charge is -2.06. The molecule has 0 aliphatic heterocycles. The van der Waals surface area contributed by atoms with Crippen LogP contribution in [0.2, 0.25) is 0 Å². The minimum absolute atomic E-state index is 0.102. The van der Waals surface area contributed by atoms with Crippen LogP contribution in [-0.4, -0.2) is 0 Å². The Kier molecular flexibility index (Phi) is 7.38. The fourth-order valence-corrected chi connectivity index (χ4v) is 4.05. The average molecular weight is 433 g/mol. The van der Waals surface area contributed by atoms with Gasteiger partial charge in [0.15, 0.2) is 0 Å². The number of benzene rings is 4. The minimum Gasteiger partial charge on any atom is -0.206 e. The van der Waals surface area contributed by atoms with Crippen LogP contribution in [0.4, 0.5) is 4.39 Å². The first-order valence-corrected chi connectivity index (χ1v) is 11.7. The first-order chi connectivity index (χ1) is 16.2. The Labute approximate surface area is 196 Å². The smallest absolute Gasteiger partial charge is 0.134 e. The maximum Gasteiger partial charge on any atom is 0.134 e. The van der Waals surface area contributed by atoms with E-state index in [4.69, 9.17) is 0 Å². The predicted molar refractivity (Wildman–Crippen MR) is 139 cm³/mol. The van der Waals surface area contributed by atoms with Crippen molar-refractivity contribution < 1.29 is 4.39 Å². The van der Waals surface area contributed by atoms with Crippen LogP contribution in [0.5, 0.6) is 0 Å². The average Bonchev–Trinajstić information content (AvgIpc) is 2.85. The summed E-state index contributed by atoms with van der Waals surface area (Å²) in [6, 6.07) is 26.7. The fourth-order valence-electron chi connectivity index (χ4n) is 4.05. The van der Waals surface area contributed by atoms with E-state index in [1.165, 1.54) is 16.7 Å². The van der Waals surface area contributed by atoms with Gasteiger partial charge in [-0.1, -0.05) is 91.9 Å². The molecule has 164 valence electrons. The van der Waals surface area contributed by atoms with E-state index in [0.717, 1.165) is 47.8 Å². The van der Waals surface area contributed by atoms with E-state index in [1.807, 2.05) is 30.3 Å². The molecule has 0 saturated heterocycles. The van der Waals surface area contributed by atoms with E-state index in [9.17, 15) is 4.39 Å². The Morgan fingerprint density at radius 2 is 1.42 bits per heavy atom. The highest BCUT2D eigenvalue weighted by Crippen LogP contribution is 2.24. The lowest BCUT2D eigenvalue weighted by atomic mass is 10.0. The summed E-state index contributed by atoms with van der Waals surface area (Å²) in [5.41, 5.74) is 6.39. The fraction of sp³-hybridized carbons (Fsp3) is 0.188. The largest absolute Gasteiger partial charge is 0.206 e. The molecule has 4 aromatic rings. The summed E-state index contributed by atoms with van der Waals surface area (Å²) < 4.78 is 14.7. The normalized spacial score (nSPS) is 11.0. The summed E-state index contributed by atoms with van der Waals surface area (Å²) in [7, 11) is 0. The molecule has 0 bridgehead atoms. The standard InChI is InChI=1S/C32H29F/c1-3-5-6-8-24-11-16-27(17-12-24)28-18-13-25(14-19-28)9-10-26-15-22-31-30(23-26)21-20-29(7-4-2)32(31)33/h3,5,11-23H,4,6-8H2,1-2H3/b5-3+. The molecule has 0 amide bonds. The monoisotopic (exact) mass is 432 g/mol. The Balaban J connectivity index is 1.48. The third-order valence-electron chi connectivity index (χ3n) is 5.91. The molecule has 1 heteroatoms. The Morgan fingerprint density at radius 1 is 0.758 bits per heavy atom. The highest BCUT2D eigenvalue weighted by Gasteiger charge is 2.07. The molecule has 0 aliphatic carbocycles. The van der Waals surface area contributed by atoms with Crippen LogP contribution in [0, 0.1) is 17.7 Å². The molecule has 0 aromatic heterocycles. The highest BCUT2D eigenvalue weighted by atomic mass is 19.1. The van der Waals surface area contributed by atoms with Crippen LogP contribution in [-0.2, 0) is 12.8 Å². The van der Waals surface area contributed by atoms with Gasteiger partial charge in [0.2, 0.25) is 0 Å². The summed E-state index contributed by atoms with van der Waals surface area (Å²) in [5.74, 6) is 6.36. The zero-order chi connectivity index (χ0) is 23.0. The SMILES string of the molecule is C/C=C/CCc1ccc(-c2ccc(C#Cc3ccc4c(F)c(CCC)ccc4c3)cc2)cc1. The van der Waals surface area contributed by atoms with Gasteiger partial charge < -0.3 is 0 Å². The maximum absolute atomic E-state index is 14.7. The lowest BCUT2D eigenvalue weighted by Crippen LogP contribution is -1.91. The highest BCUT2D eigenvalue weighted by molar-refractivity contribution is 5.85. The molecular weight excluding hydrogens is 403 g/mol. The second-order valence-electron chi connectivity index (χ2n) is 8.36. The summed E-state index contributed by atoms with van der Waals surface area (Å²) in [5, 5.41) is 1.56. The van der Waals surface area contributed by atoms with E-state index in [-0.39, 0.29) is 5.82 Å². The predicted octanol–water partition coefficient (Wildman–Crippen LogP) is 8.51. The Morgan fingerprint density at radius 3 is 2.12 bits per heavy atom. The number of allylic oxidation sites excluding steroid dienone is 2. The van der Waals surface area contributed by atoms with E-state index in [1.54, 1.807) is 0 Å². The van der Waals surface area contributed by atoms with E-state index in [0.29, 0.717) is 5.39 Å². The van der Waals surface area contributed by atoms with Crippen LogP contribution in [0.1, 0.15) is 48.9 Å².